The highest BCUT2D eigenvalue weighted by Crippen LogP contribution is 2.79. The molecule has 0 aromatic heterocycles. The van der Waals surface area contributed by atoms with Gasteiger partial charge < -0.3 is 60.0 Å². The van der Waals surface area contributed by atoms with E-state index in [1.807, 2.05) is 24.3 Å². The molecule has 3 saturated carbocycles. The number of aromatic hydroxyl groups is 1. The molecule has 4 fully saturated rings. The Bertz CT molecular complexity index is 3050. The standard InChI is InChI=1S/C66H79NO13/c1-35-25-44-31-62-30-41(44)15-22-65(75)58-52(67-32-36(2)70)18-23-66(76,80-58)60(59(65)78-55(72)14-12-50-45-16-20-63(34-62)49(37(45)3)10-11-51-57(73)46(56(35)62)17-21-64(50,51)63)79-61(74)43(26-39-6-13-53(71)54(28-39)77-4)29-48-42(33-69)9-8-40-7-5-38(19-24-68)27-47(40)48/h5-7,10-11,13,15-18,20-23,26-28,30,35-37,42,44-46,48-52,56-60,67-71,73,75-76H,8-9,12,14,19,24-25,29,31-34H2,1-4H3/b22-15+,43-26+/t35-,36+,37+,42+,44-,45-,46+,48+,49-,50-,51-,52-,56+,57+,58-,59+,60-,62-,63-,64-,65+,66+/m1/s1. The van der Waals surface area contributed by atoms with Gasteiger partial charge in [-0.2, -0.15) is 0 Å². The van der Waals surface area contributed by atoms with Crippen molar-refractivity contribution in [2.24, 2.45) is 75.4 Å². The third kappa shape index (κ3) is 8.07. The maximum Gasteiger partial charge on any atom is 0.334 e. The summed E-state index contributed by atoms with van der Waals surface area (Å²) in [5, 5.41) is 85.2. The van der Waals surface area contributed by atoms with E-state index in [-0.39, 0.29) is 120 Å². The number of phenols is 1. The molecule has 426 valence electrons. The molecule has 3 spiro atoms. The molecular formula is C66H79NO13. The fourth-order valence-electron chi connectivity index (χ4n) is 19.0. The lowest BCUT2D eigenvalue weighted by Crippen LogP contribution is -2.76. The van der Waals surface area contributed by atoms with Crippen molar-refractivity contribution in [3.63, 3.8) is 0 Å². The van der Waals surface area contributed by atoms with Crippen molar-refractivity contribution in [3.8, 4) is 11.5 Å². The monoisotopic (exact) mass is 1090 g/mol. The van der Waals surface area contributed by atoms with Crippen LogP contribution in [0.4, 0.5) is 0 Å². The van der Waals surface area contributed by atoms with Crippen molar-refractivity contribution in [1.82, 2.24) is 5.32 Å². The Kier molecular flexibility index (Phi) is 13.4. The number of allylic oxidation sites excluding steroid dienone is 7. The lowest BCUT2D eigenvalue weighted by molar-refractivity contribution is -0.350. The summed E-state index contributed by atoms with van der Waals surface area (Å²) in [5.74, 6) is -3.81. The van der Waals surface area contributed by atoms with Crippen LogP contribution in [0.2, 0.25) is 0 Å². The van der Waals surface area contributed by atoms with Gasteiger partial charge in [0.05, 0.1) is 25.4 Å². The molecule has 8 N–H and O–H groups in total. The fraction of sp³-hybridized carbons (Fsp3) is 0.576. The second kappa shape index (κ2) is 19.8. The topological polar surface area (TPSA) is 225 Å². The van der Waals surface area contributed by atoms with Gasteiger partial charge >= 0.3 is 11.9 Å². The second-order valence-electron chi connectivity index (χ2n) is 26.3. The van der Waals surface area contributed by atoms with Crippen LogP contribution in [0.25, 0.3) is 6.08 Å². The van der Waals surface area contributed by atoms with Crippen molar-refractivity contribution >= 4 is 18.0 Å². The van der Waals surface area contributed by atoms with Crippen LogP contribution in [0.1, 0.15) is 93.9 Å². The van der Waals surface area contributed by atoms with Crippen LogP contribution in [0.3, 0.4) is 0 Å². The van der Waals surface area contributed by atoms with E-state index in [0.29, 0.717) is 31.2 Å². The molecule has 0 unspecified atom stereocenters. The first-order valence-corrected chi connectivity index (χ1v) is 29.6. The van der Waals surface area contributed by atoms with E-state index in [1.54, 1.807) is 37.3 Å². The SMILES string of the molecule is COc1cc(/C=C(\C[C@@H]2c3cc(CCO)ccc3CC[C@H]2CO)C(=O)O[C@@H]2[C@@H]3OC(=O)CC[C@@H]4[C@@H]5C=C[C@]67C[C@]89C=C(/C=C/[C@]3(O)[C@@H]3O[C@@]2(O)C=C[C@H]3NC[C@H](C)O)[C@H](C[C@@H](C)[C@H]8[C@@H]2C=C[C@]46[C@H](C=C[C@@H]7[C@H]5C)[C@H]2O)C9)ccc1O. The Morgan fingerprint density at radius 2 is 1.76 bits per heavy atom. The first kappa shape index (κ1) is 54.1. The number of aliphatic hydroxyl groups excluding tert-OH is 4. The van der Waals surface area contributed by atoms with Crippen molar-refractivity contribution in [2.75, 3.05) is 26.9 Å². The first-order chi connectivity index (χ1) is 38.4. The Morgan fingerprint density at radius 1 is 0.950 bits per heavy atom. The first-order valence-electron chi connectivity index (χ1n) is 29.6. The molecule has 15 rings (SSSR count). The van der Waals surface area contributed by atoms with Gasteiger partial charge in [0.2, 0.25) is 5.79 Å². The van der Waals surface area contributed by atoms with Gasteiger partial charge in [-0.1, -0.05) is 92.8 Å². The highest BCUT2D eigenvalue weighted by molar-refractivity contribution is 5.94. The fourth-order valence-corrected chi connectivity index (χ4v) is 19.0. The van der Waals surface area contributed by atoms with Gasteiger partial charge in [0.15, 0.2) is 29.3 Å². The summed E-state index contributed by atoms with van der Waals surface area (Å²) in [6.45, 7) is 6.20. The molecule has 14 nitrogen and oxygen atoms in total. The number of hydrogen-bond acceptors (Lipinski definition) is 14. The lowest BCUT2D eigenvalue weighted by atomic mass is 9.29. The van der Waals surface area contributed by atoms with Gasteiger partial charge in [0.1, 0.15) is 6.10 Å². The number of phenolic OH excluding ortho intramolecular Hbond substituents is 1. The number of nitrogens with one attached hydrogen (secondary N) is 1. The van der Waals surface area contributed by atoms with Crippen LogP contribution in [0.15, 0.2) is 114 Å². The minimum absolute atomic E-state index is 0.0453. The quantitative estimate of drug-likeness (QED) is 0.0629. The highest BCUT2D eigenvalue weighted by Gasteiger charge is 2.75. The van der Waals surface area contributed by atoms with Gasteiger partial charge in [-0.25, -0.2) is 4.79 Å². The van der Waals surface area contributed by atoms with Gasteiger partial charge in [-0.15, -0.1) is 0 Å². The molecule has 12 bridgehead atoms. The molecule has 0 radical (unpaired) electrons. The molecule has 3 aliphatic heterocycles. The number of carbonyl (C=O) groups excluding carboxylic acids is 2. The minimum atomic E-state index is -2.45. The largest absolute Gasteiger partial charge is 0.504 e. The number of hydrogen-bond donors (Lipinski definition) is 8. The maximum atomic E-state index is 15.7. The summed E-state index contributed by atoms with van der Waals surface area (Å²) in [6.07, 6.45) is 23.6. The second-order valence-corrected chi connectivity index (χ2v) is 26.3. The van der Waals surface area contributed by atoms with Gasteiger partial charge in [0.25, 0.3) is 0 Å². The molecule has 13 aliphatic rings. The molecule has 22 atom stereocenters. The van der Waals surface area contributed by atoms with Gasteiger partial charge in [0, 0.05) is 54.4 Å². The highest BCUT2D eigenvalue weighted by atomic mass is 16.7. The Morgan fingerprint density at radius 3 is 2.55 bits per heavy atom. The van der Waals surface area contributed by atoms with Crippen LogP contribution in [0.5, 0.6) is 11.5 Å². The normalized spacial score (nSPS) is 44.8. The van der Waals surface area contributed by atoms with Gasteiger partial charge in [-0.3, -0.25) is 4.79 Å². The zero-order valence-corrected chi connectivity index (χ0v) is 46.3. The van der Waals surface area contributed by atoms with Crippen LogP contribution in [-0.4, -0.2) is 123 Å². The van der Waals surface area contributed by atoms with E-state index in [1.165, 1.54) is 19.3 Å². The summed E-state index contributed by atoms with van der Waals surface area (Å²) in [6, 6.07) is 9.90. The predicted octanol–water partition coefficient (Wildman–Crippen LogP) is 6.71. The molecule has 0 amide bonds. The van der Waals surface area contributed by atoms with E-state index in [0.717, 1.165) is 41.5 Å². The van der Waals surface area contributed by atoms with Crippen LogP contribution < -0.4 is 10.1 Å². The molecule has 3 heterocycles. The van der Waals surface area contributed by atoms with E-state index in [4.69, 9.17) is 18.9 Å². The average Bonchev–Trinajstić information content (AvgIpc) is 1.05. The van der Waals surface area contributed by atoms with E-state index in [9.17, 15) is 35.7 Å². The van der Waals surface area contributed by atoms with E-state index < -0.39 is 71.2 Å². The third-order valence-corrected chi connectivity index (χ3v) is 22.2. The summed E-state index contributed by atoms with van der Waals surface area (Å²) < 4.78 is 25.5. The van der Waals surface area contributed by atoms with Gasteiger partial charge in [-0.05, 0) is 175 Å². The predicted molar refractivity (Wildman–Crippen MR) is 297 cm³/mol. The number of aliphatic hydroxyl groups is 6. The maximum absolute atomic E-state index is 15.7. The molecule has 1 saturated heterocycles. The molecule has 80 heavy (non-hydrogen) atoms. The number of ether oxygens (including phenoxy) is 4. The smallest absolute Gasteiger partial charge is 0.334 e. The van der Waals surface area contributed by atoms with Crippen molar-refractivity contribution in [1.29, 1.82) is 0 Å². The molecule has 14 heteroatoms. The number of methoxy groups -OCH3 is 1. The number of benzene rings is 2. The third-order valence-electron chi connectivity index (χ3n) is 22.2. The Balaban J connectivity index is 0.948. The number of rotatable bonds is 12. The molecular weight excluding hydrogens is 1010 g/mol. The van der Waals surface area contributed by atoms with E-state index in [2.05, 4.69) is 61.7 Å². The molecule has 10 aliphatic carbocycles. The minimum Gasteiger partial charge on any atom is -0.504 e. The van der Waals surface area contributed by atoms with Crippen LogP contribution >= 0.6 is 0 Å². The number of esters is 2. The van der Waals surface area contributed by atoms with E-state index >= 15 is 9.59 Å². The van der Waals surface area contributed by atoms with Crippen molar-refractivity contribution < 1.29 is 64.3 Å². The zero-order valence-electron chi connectivity index (χ0n) is 46.3. The zero-order chi connectivity index (χ0) is 55.8. The molecule has 2 aromatic rings. The van der Waals surface area contributed by atoms with Crippen molar-refractivity contribution in [2.45, 2.75) is 132 Å². The summed E-state index contributed by atoms with van der Waals surface area (Å²) >= 11 is 0. The Hall–Kier alpha value is -5.16. The number of carbonyl (C=O) groups is 2. The average molecular weight is 1090 g/mol. The number of fused-ring (bicyclic) bond motifs is 7. The summed E-state index contributed by atoms with van der Waals surface area (Å²) in [5.41, 5.74) is 1.13. The Labute approximate surface area is 468 Å². The lowest BCUT2D eigenvalue weighted by Gasteiger charge is -2.74. The van der Waals surface area contributed by atoms with Crippen molar-refractivity contribution in [3.05, 3.63) is 137 Å². The van der Waals surface area contributed by atoms with Crippen LogP contribution in [0, 0.1) is 75.4 Å². The number of aryl methyl sites for hydroxylation is 1. The van der Waals surface area contributed by atoms with Crippen LogP contribution in [-0.2, 0) is 36.6 Å². The summed E-state index contributed by atoms with van der Waals surface area (Å²) in [4.78, 5) is 30.9. The summed E-state index contributed by atoms with van der Waals surface area (Å²) in [7, 11) is 1.43. The molecule has 2 aromatic carbocycles.